The summed E-state index contributed by atoms with van der Waals surface area (Å²) in [6.45, 7) is 6.85. The molecule has 2 aliphatic rings. The van der Waals surface area contributed by atoms with Gasteiger partial charge in [0.1, 0.15) is 0 Å². The van der Waals surface area contributed by atoms with E-state index in [1.165, 1.54) is 32.7 Å². The van der Waals surface area contributed by atoms with Crippen molar-refractivity contribution in [3.63, 3.8) is 0 Å². The molecule has 4 heteroatoms. The fourth-order valence-electron chi connectivity index (χ4n) is 4.29. The molecule has 1 saturated heterocycles. The van der Waals surface area contributed by atoms with Crippen LogP contribution >= 0.6 is 11.9 Å². The number of fused-ring (bicyclic) bond motifs is 1. The molecule has 0 radical (unpaired) electrons. The van der Waals surface area contributed by atoms with E-state index in [0.29, 0.717) is 0 Å². The van der Waals surface area contributed by atoms with Gasteiger partial charge in [0.2, 0.25) is 0 Å². The van der Waals surface area contributed by atoms with Gasteiger partial charge in [-0.15, -0.1) is 0 Å². The maximum absolute atomic E-state index is 5.44. The first kappa shape index (κ1) is 19.8. The van der Waals surface area contributed by atoms with Crippen molar-refractivity contribution < 1.29 is 4.74 Å². The molecule has 0 amide bonds. The molecular formula is C26H28N2OS. The number of ether oxygens (including phenoxy) is 1. The highest BCUT2D eigenvalue weighted by Crippen LogP contribution is 2.28. The van der Waals surface area contributed by atoms with Crippen molar-refractivity contribution >= 4 is 11.9 Å². The molecule has 3 aromatic carbocycles. The van der Waals surface area contributed by atoms with Gasteiger partial charge < -0.3 is 4.74 Å². The minimum absolute atomic E-state index is 0.834. The van der Waals surface area contributed by atoms with E-state index in [9.17, 15) is 0 Å². The molecule has 5 rings (SSSR count). The van der Waals surface area contributed by atoms with Gasteiger partial charge in [-0.3, -0.25) is 4.90 Å². The number of rotatable bonds is 5. The Morgan fingerprint density at radius 1 is 0.767 bits per heavy atom. The van der Waals surface area contributed by atoms with Crippen molar-refractivity contribution in [2.24, 2.45) is 0 Å². The largest absolute Gasteiger partial charge is 0.379 e. The summed E-state index contributed by atoms with van der Waals surface area (Å²) in [5.41, 5.74) is 6.96. The molecule has 3 aromatic rings. The zero-order chi connectivity index (χ0) is 20.2. The van der Waals surface area contributed by atoms with Crippen LogP contribution in [0.15, 0.2) is 77.7 Å². The number of morpholine rings is 1. The Bertz CT molecular complexity index is 982. The van der Waals surface area contributed by atoms with E-state index in [-0.39, 0.29) is 0 Å². The molecule has 1 fully saturated rings. The lowest BCUT2D eigenvalue weighted by Gasteiger charge is -2.28. The third-order valence-corrected chi connectivity index (χ3v) is 7.04. The first-order valence-corrected chi connectivity index (χ1v) is 11.6. The minimum Gasteiger partial charge on any atom is -0.379 e. The predicted octanol–water partition coefficient (Wildman–Crippen LogP) is 5.25. The maximum atomic E-state index is 5.44. The van der Waals surface area contributed by atoms with E-state index in [1.807, 2.05) is 11.9 Å². The van der Waals surface area contributed by atoms with Crippen LogP contribution in [0, 0.1) is 0 Å². The predicted molar refractivity (Wildman–Crippen MR) is 124 cm³/mol. The first-order valence-electron chi connectivity index (χ1n) is 10.8. The van der Waals surface area contributed by atoms with Gasteiger partial charge in [-0.1, -0.05) is 54.6 Å². The van der Waals surface area contributed by atoms with E-state index >= 15 is 0 Å². The van der Waals surface area contributed by atoms with Gasteiger partial charge in [-0.25, -0.2) is 4.31 Å². The monoisotopic (exact) mass is 416 g/mol. The zero-order valence-corrected chi connectivity index (χ0v) is 18.1. The molecular weight excluding hydrogens is 388 g/mol. The van der Waals surface area contributed by atoms with E-state index < -0.39 is 0 Å². The van der Waals surface area contributed by atoms with E-state index in [4.69, 9.17) is 4.74 Å². The molecule has 0 bridgehead atoms. The molecule has 0 saturated carbocycles. The van der Waals surface area contributed by atoms with Gasteiger partial charge in [-0.05, 0) is 64.4 Å². The summed E-state index contributed by atoms with van der Waals surface area (Å²) in [4.78, 5) is 3.85. The highest BCUT2D eigenvalue weighted by molar-refractivity contribution is 7.97. The topological polar surface area (TPSA) is 15.7 Å². The molecule has 3 nitrogen and oxygen atoms in total. The summed E-state index contributed by atoms with van der Waals surface area (Å²) in [5, 5.41) is 0. The maximum Gasteiger partial charge on any atom is 0.0603 e. The number of hydrogen-bond donors (Lipinski definition) is 0. The highest BCUT2D eigenvalue weighted by atomic mass is 32.2. The van der Waals surface area contributed by atoms with E-state index in [1.54, 1.807) is 0 Å². The van der Waals surface area contributed by atoms with Gasteiger partial charge in [-0.2, -0.15) is 0 Å². The number of benzene rings is 3. The Kier molecular flexibility index (Phi) is 6.18. The standard InChI is InChI=1S/C26H28N2OS/c1-2-6-25-20-27(13-12-22(25)5-1)19-21-4-3-7-24(18-21)23-8-10-26(11-9-23)30-28-14-16-29-17-15-28/h1-11,18H,12-17,19-20H2. The quantitative estimate of drug-likeness (QED) is 0.528. The van der Waals surface area contributed by atoms with Crippen LogP contribution in [0.3, 0.4) is 0 Å². The second kappa shape index (κ2) is 9.36. The zero-order valence-electron chi connectivity index (χ0n) is 17.3. The molecule has 0 unspecified atom stereocenters. The average molecular weight is 417 g/mol. The van der Waals surface area contributed by atoms with Gasteiger partial charge in [0, 0.05) is 37.6 Å². The van der Waals surface area contributed by atoms with Crippen molar-refractivity contribution in [1.29, 1.82) is 0 Å². The Balaban J connectivity index is 1.24. The Hall–Kier alpha value is -2.11. The SMILES string of the molecule is c1cc(CN2CCc3ccccc3C2)cc(-c2ccc(SN3CCOCC3)cc2)c1. The minimum atomic E-state index is 0.834. The van der Waals surface area contributed by atoms with Gasteiger partial charge >= 0.3 is 0 Å². The highest BCUT2D eigenvalue weighted by Gasteiger charge is 2.16. The van der Waals surface area contributed by atoms with Crippen molar-refractivity contribution in [2.45, 2.75) is 24.4 Å². The third-order valence-electron chi connectivity index (χ3n) is 5.94. The molecule has 2 heterocycles. The fourth-order valence-corrected chi connectivity index (χ4v) is 5.18. The summed E-state index contributed by atoms with van der Waals surface area (Å²) < 4.78 is 7.82. The van der Waals surface area contributed by atoms with Crippen molar-refractivity contribution in [3.8, 4) is 11.1 Å². The molecule has 0 atom stereocenters. The Labute approximate surface area is 183 Å². The van der Waals surface area contributed by atoms with Crippen molar-refractivity contribution in [3.05, 3.63) is 89.5 Å². The smallest absolute Gasteiger partial charge is 0.0603 e. The van der Waals surface area contributed by atoms with Gasteiger partial charge in [0.05, 0.1) is 13.2 Å². The van der Waals surface area contributed by atoms with Crippen LogP contribution in [0.4, 0.5) is 0 Å². The summed E-state index contributed by atoms with van der Waals surface area (Å²) in [6, 6.07) is 26.9. The average Bonchev–Trinajstić information content (AvgIpc) is 2.80. The molecule has 0 spiro atoms. The second-order valence-electron chi connectivity index (χ2n) is 8.09. The van der Waals surface area contributed by atoms with Gasteiger partial charge in [0.25, 0.3) is 0 Å². The van der Waals surface area contributed by atoms with Crippen LogP contribution < -0.4 is 0 Å². The fraction of sp³-hybridized carbons (Fsp3) is 0.308. The molecule has 0 aromatic heterocycles. The van der Waals surface area contributed by atoms with Gasteiger partial charge in [0.15, 0.2) is 0 Å². The van der Waals surface area contributed by atoms with E-state index in [2.05, 4.69) is 82.0 Å². The van der Waals surface area contributed by atoms with Crippen LogP contribution in [0.25, 0.3) is 11.1 Å². The summed E-state index contributed by atoms with van der Waals surface area (Å²) in [6.07, 6.45) is 1.15. The van der Waals surface area contributed by atoms with Crippen LogP contribution in [0.1, 0.15) is 16.7 Å². The summed E-state index contributed by atoms with van der Waals surface area (Å²) >= 11 is 1.84. The molecule has 0 N–H and O–H groups in total. The van der Waals surface area contributed by atoms with Crippen LogP contribution in [-0.2, 0) is 24.2 Å². The molecule has 154 valence electrons. The van der Waals surface area contributed by atoms with Crippen molar-refractivity contribution in [1.82, 2.24) is 9.21 Å². The number of hydrogen-bond acceptors (Lipinski definition) is 4. The third kappa shape index (κ3) is 4.79. The normalized spacial score (nSPS) is 17.6. The Morgan fingerprint density at radius 2 is 1.57 bits per heavy atom. The van der Waals surface area contributed by atoms with Crippen LogP contribution in [0.5, 0.6) is 0 Å². The van der Waals surface area contributed by atoms with E-state index in [0.717, 1.165) is 52.4 Å². The first-order chi connectivity index (χ1) is 14.8. The molecule has 0 aliphatic carbocycles. The second-order valence-corrected chi connectivity index (χ2v) is 9.26. The number of nitrogens with zero attached hydrogens (tertiary/aromatic N) is 2. The lowest BCUT2D eigenvalue weighted by Crippen LogP contribution is -2.30. The lowest BCUT2D eigenvalue weighted by molar-refractivity contribution is 0.0773. The molecule has 2 aliphatic heterocycles. The van der Waals surface area contributed by atoms with Crippen molar-refractivity contribution in [2.75, 3.05) is 32.8 Å². The lowest BCUT2D eigenvalue weighted by atomic mass is 9.99. The molecule has 30 heavy (non-hydrogen) atoms. The van der Waals surface area contributed by atoms with Crippen LogP contribution in [0.2, 0.25) is 0 Å². The Morgan fingerprint density at radius 3 is 2.40 bits per heavy atom. The van der Waals surface area contributed by atoms with Crippen LogP contribution in [-0.4, -0.2) is 42.1 Å². The summed E-state index contributed by atoms with van der Waals surface area (Å²) in [5.74, 6) is 0. The summed E-state index contributed by atoms with van der Waals surface area (Å²) in [7, 11) is 0.